The Balaban J connectivity index is 0.000000141. The number of hydrogen-bond donors (Lipinski definition) is 0. The minimum Gasteiger partial charge on any atom is -0.309 e. The van der Waals surface area contributed by atoms with E-state index in [0.717, 1.165) is 61.9 Å². The molecule has 0 atom stereocenters. The topological polar surface area (TPSA) is 58.4 Å². The summed E-state index contributed by atoms with van der Waals surface area (Å²) in [6.07, 6.45) is 0. The molecule has 480 valence electrons. The quantitative estimate of drug-likeness (QED) is 0.137. The van der Waals surface area contributed by atoms with Gasteiger partial charge in [0.15, 0.2) is 5.82 Å². The van der Waals surface area contributed by atoms with E-state index in [2.05, 4.69) is 366 Å². The van der Waals surface area contributed by atoms with Gasteiger partial charge in [0.25, 0.3) is 0 Å². The SMILES string of the molecule is Cc1ccc(-n2c3ccccc3c3cc(-c4ccc5c(c4)c4ccccc4n5-c4cc(-c5ccccc5)nc(-c5ccccc5)c4)ccc32)cc1.Cc1ccc(-n2c3ccccc3c3cc(-c4ccc5c(c4)c4ccccc4n5-c4cc(-c5ccccc5)nc(-c5ccccc5)n4)ccc32)cc1. The van der Waals surface area contributed by atoms with E-state index >= 15 is 0 Å². The van der Waals surface area contributed by atoms with E-state index in [0.29, 0.717) is 5.82 Å². The molecule has 0 amide bonds. The zero-order valence-corrected chi connectivity index (χ0v) is 56.2. The standard InChI is InChI=1S/C48H33N3.C47H32N4/c1-32-20-24-37(25-21-32)50-45-18-10-8-16-39(45)41-28-35(22-26-47(41)50)36-23-27-48-42(29-36)40-17-9-11-19-46(40)51(48)38-30-43(33-12-4-2-5-13-33)49-44(31-38)34-14-6-3-7-15-34;1-31-20-24-36(25-21-31)50-42-18-10-8-16-37(42)39-28-34(22-26-44(39)50)35-23-27-45-40(29-35)38-17-9-11-19-43(38)51(45)46-30-41(32-12-4-2-5-13-32)48-47(49-46)33-14-6-3-7-15-33/h2-31H,1H3;2-30H,1H3. The van der Waals surface area contributed by atoms with Crippen LogP contribution in [0.1, 0.15) is 11.1 Å². The minimum atomic E-state index is 0.701. The molecule has 0 aliphatic carbocycles. The molecule has 7 heteroatoms. The summed E-state index contributed by atoms with van der Waals surface area (Å²) in [5.41, 5.74) is 27.1. The first kappa shape index (κ1) is 59.7. The number of pyridine rings is 1. The molecule has 0 saturated carbocycles. The first-order valence-electron chi connectivity index (χ1n) is 34.8. The van der Waals surface area contributed by atoms with Gasteiger partial charge in [-0.3, -0.25) is 4.57 Å². The summed E-state index contributed by atoms with van der Waals surface area (Å²) in [5, 5.41) is 9.83. The molecular formula is C95H65N7. The molecule has 7 nitrogen and oxygen atoms in total. The van der Waals surface area contributed by atoms with Gasteiger partial charge in [-0.2, -0.15) is 0 Å². The van der Waals surface area contributed by atoms with E-state index in [1.807, 2.05) is 24.3 Å². The fourth-order valence-electron chi connectivity index (χ4n) is 15.3. The first-order chi connectivity index (χ1) is 50.4. The van der Waals surface area contributed by atoms with Crippen molar-refractivity contribution in [1.82, 2.24) is 33.2 Å². The summed E-state index contributed by atoms with van der Waals surface area (Å²) in [6, 6.07) is 128. The lowest BCUT2D eigenvalue weighted by atomic mass is 10.0. The van der Waals surface area contributed by atoms with Crippen molar-refractivity contribution >= 4 is 87.2 Å². The summed E-state index contributed by atoms with van der Waals surface area (Å²) < 4.78 is 9.44. The summed E-state index contributed by atoms with van der Waals surface area (Å²) >= 11 is 0. The van der Waals surface area contributed by atoms with Crippen molar-refractivity contribution in [2.24, 2.45) is 0 Å². The van der Waals surface area contributed by atoms with E-state index in [1.54, 1.807) is 0 Å². The van der Waals surface area contributed by atoms with Crippen LogP contribution in [0.5, 0.6) is 0 Å². The van der Waals surface area contributed by atoms with Gasteiger partial charge in [0.05, 0.1) is 66.9 Å². The van der Waals surface area contributed by atoms with Gasteiger partial charge in [-0.15, -0.1) is 0 Å². The van der Waals surface area contributed by atoms with Crippen LogP contribution in [0.15, 0.2) is 358 Å². The van der Waals surface area contributed by atoms with Crippen LogP contribution in [0.4, 0.5) is 0 Å². The second-order valence-corrected chi connectivity index (χ2v) is 26.5. The maximum absolute atomic E-state index is 5.20. The number of aromatic nitrogens is 7. The lowest BCUT2D eigenvalue weighted by Gasteiger charge is -2.13. The average molecular weight is 1300 g/mol. The summed E-state index contributed by atoms with van der Waals surface area (Å²) in [7, 11) is 0. The second kappa shape index (κ2) is 24.8. The Morgan fingerprint density at radius 3 is 0.833 bits per heavy atom. The van der Waals surface area contributed by atoms with Gasteiger partial charge in [-0.1, -0.05) is 254 Å². The highest BCUT2D eigenvalue weighted by Crippen LogP contribution is 2.42. The molecule has 20 aromatic rings. The Kier molecular flexibility index (Phi) is 14.5. The van der Waals surface area contributed by atoms with Gasteiger partial charge in [0.1, 0.15) is 5.82 Å². The third-order valence-corrected chi connectivity index (χ3v) is 20.2. The Morgan fingerprint density at radius 2 is 0.471 bits per heavy atom. The Labute approximate surface area is 590 Å². The van der Waals surface area contributed by atoms with Crippen LogP contribution in [0.3, 0.4) is 0 Å². The third-order valence-electron chi connectivity index (χ3n) is 20.2. The van der Waals surface area contributed by atoms with E-state index in [9.17, 15) is 0 Å². The van der Waals surface area contributed by atoms with E-state index < -0.39 is 0 Å². The Bertz CT molecular complexity index is 6080. The first-order valence-corrected chi connectivity index (χ1v) is 34.8. The van der Waals surface area contributed by atoms with Crippen molar-refractivity contribution in [3.05, 3.63) is 369 Å². The molecule has 0 unspecified atom stereocenters. The van der Waals surface area contributed by atoms with Gasteiger partial charge in [-0.25, -0.2) is 15.0 Å². The number of hydrogen-bond acceptors (Lipinski definition) is 3. The second-order valence-electron chi connectivity index (χ2n) is 26.5. The molecule has 0 radical (unpaired) electrons. The molecule has 102 heavy (non-hydrogen) atoms. The maximum atomic E-state index is 5.20. The van der Waals surface area contributed by atoms with Crippen LogP contribution >= 0.6 is 0 Å². The van der Waals surface area contributed by atoms with Crippen molar-refractivity contribution in [2.45, 2.75) is 13.8 Å². The van der Waals surface area contributed by atoms with Crippen molar-refractivity contribution in [3.63, 3.8) is 0 Å². The number of rotatable bonds is 10. The summed E-state index contributed by atoms with van der Waals surface area (Å²) in [4.78, 5) is 15.4. The monoisotopic (exact) mass is 1300 g/mol. The van der Waals surface area contributed by atoms with Gasteiger partial charge in [-0.05, 0) is 145 Å². The van der Waals surface area contributed by atoms with Crippen LogP contribution in [0.2, 0.25) is 0 Å². The van der Waals surface area contributed by atoms with Crippen LogP contribution in [0.25, 0.3) is 178 Å². The predicted octanol–water partition coefficient (Wildman–Crippen LogP) is 24.6. The lowest BCUT2D eigenvalue weighted by Crippen LogP contribution is -2.02. The van der Waals surface area contributed by atoms with Crippen molar-refractivity contribution < 1.29 is 0 Å². The van der Waals surface area contributed by atoms with E-state index in [4.69, 9.17) is 15.0 Å². The number of fused-ring (bicyclic) bond motifs is 12. The third kappa shape index (κ3) is 10.4. The zero-order valence-electron chi connectivity index (χ0n) is 56.2. The number of nitrogens with zero attached hydrogens (tertiary/aromatic N) is 7. The smallest absolute Gasteiger partial charge is 0.162 e. The van der Waals surface area contributed by atoms with Crippen LogP contribution in [-0.2, 0) is 0 Å². The molecular weight excluding hydrogens is 1240 g/mol. The number of aryl methyl sites for hydroxylation is 2. The molecule has 0 saturated heterocycles. The van der Waals surface area contributed by atoms with Gasteiger partial charge in [0.2, 0.25) is 0 Å². The highest BCUT2D eigenvalue weighted by molar-refractivity contribution is 6.15. The summed E-state index contributed by atoms with van der Waals surface area (Å²) in [6.45, 7) is 4.27. The predicted molar refractivity (Wildman–Crippen MR) is 426 cm³/mol. The fraction of sp³-hybridized carbons (Fsp3) is 0.0211. The molecule has 0 fully saturated rings. The van der Waals surface area contributed by atoms with Gasteiger partial charge < -0.3 is 13.7 Å². The van der Waals surface area contributed by atoms with Crippen molar-refractivity contribution in [1.29, 1.82) is 0 Å². The zero-order chi connectivity index (χ0) is 67.8. The molecule has 0 aliphatic rings. The van der Waals surface area contributed by atoms with Gasteiger partial charge >= 0.3 is 0 Å². The van der Waals surface area contributed by atoms with Crippen LogP contribution in [-0.4, -0.2) is 33.2 Å². The average Bonchev–Trinajstić information content (AvgIpc) is 1.59. The molecule has 14 aromatic carbocycles. The van der Waals surface area contributed by atoms with E-state index in [1.165, 1.54) is 121 Å². The number of para-hydroxylation sites is 4. The molecule has 6 heterocycles. The largest absolute Gasteiger partial charge is 0.309 e. The lowest BCUT2D eigenvalue weighted by molar-refractivity contribution is 1.05. The molecule has 0 aliphatic heterocycles. The fourth-order valence-corrected chi connectivity index (χ4v) is 15.3. The highest BCUT2D eigenvalue weighted by Gasteiger charge is 2.22. The van der Waals surface area contributed by atoms with E-state index in [-0.39, 0.29) is 0 Å². The maximum Gasteiger partial charge on any atom is 0.162 e. The van der Waals surface area contributed by atoms with Crippen LogP contribution in [0, 0.1) is 13.8 Å². The van der Waals surface area contributed by atoms with Crippen molar-refractivity contribution in [3.8, 4) is 90.3 Å². The van der Waals surface area contributed by atoms with Crippen LogP contribution < -0.4 is 0 Å². The Hall–Kier alpha value is -13.5. The Morgan fingerprint density at radius 1 is 0.186 bits per heavy atom. The van der Waals surface area contributed by atoms with Crippen molar-refractivity contribution in [2.75, 3.05) is 0 Å². The minimum absolute atomic E-state index is 0.701. The van der Waals surface area contributed by atoms with Gasteiger partial charge in [0, 0.05) is 82.8 Å². The number of benzene rings is 14. The molecule has 20 rings (SSSR count). The molecule has 0 bridgehead atoms. The normalized spacial score (nSPS) is 11.6. The molecule has 6 aromatic heterocycles. The highest BCUT2D eigenvalue weighted by atomic mass is 15.1. The summed E-state index contributed by atoms with van der Waals surface area (Å²) in [5.74, 6) is 1.54. The molecule has 0 spiro atoms. The molecule has 0 N–H and O–H groups in total.